The number of aromatic amines is 1. The summed E-state index contributed by atoms with van der Waals surface area (Å²) in [7, 11) is 0. The monoisotopic (exact) mass is 334 g/mol. The topological polar surface area (TPSA) is 73.3 Å². The van der Waals surface area contributed by atoms with Gasteiger partial charge in [-0.2, -0.15) is 5.10 Å². The first-order chi connectivity index (χ1) is 11.9. The lowest BCUT2D eigenvalue weighted by atomic mass is 9.87. The minimum absolute atomic E-state index is 0.141. The van der Waals surface area contributed by atoms with E-state index in [4.69, 9.17) is 0 Å². The zero-order chi connectivity index (χ0) is 17.9. The van der Waals surface area contributed by atoms with E-state index in [1.165, 1.54) is 5.56 Å². The van der Waals surface area contributed by atoms with Crippen molar-refractivity contribution < 1.29 is 5.11 Å². The van der Waals surface area contributed by atoms with Crippen LogP contribution in [0.2, 0.25) is 0 Å². The molecule has 3 aromatic rings. The van der Waals surface area contributed by atoms with Gasteiger partial charge in [0, 0.05) is 18.0 Å². The fourth-order valence-corrected chi connectivity index (χ4v) is 2.35. The number of nitrogens with zero attached hydrogens (tertiary/aromatic N) is 2. The fourth-order valence-electron chi connectivity index (χ4n) is 2.35. The highest BCUT2D eigenvalue weighted by atomic mass is 16.3. The molecule has 128 valence electrons. The number of nitrogens with one attached hydrogen (secondary N) is 2. The van der Waals surface area contributed by atoms with Gasteiger partial charge in [-0.3, -0.25) is 5.10 Å². The van der Waals surface area contributed by atoms with Crippen LogP contribution in [0.4, 0.5) is 17.3 Å². The van der Waals surface area contributed by atoms with Crippen molar-refractivity contribution in [2.75, 3.05) is 5.32 Å². The van der Waals surface area contributed by atoms with Gasteiger partial charge in [0.1, 0.15) is 11.6 Å². The molecule has 3 N–H and O–H groups in total. The van der Waals surface area contributed by atoms with Gasteiger partial charge in [-0.1, -0.05) is 32.9 Å². The number of rotatable bonds is 4. The normalized spacial score (nSPS) is 11.8. The maximum atomic E-state index is 9.28. The molecule has 0 aliphatic rings. The Kier molecular flexibility index (Phi) is 4.57. The third-order valence-electron chi connectivity index (χ3n) is 3.83. The van der Waals surface area contributed by atoms with E-state index >= 15 is 0 Å². The highest BCUT2D eigenvalue weighted by molar-refractivity contribution is 5.81. The SMILES string of the molecule is CC(C)(C)c1ccc(Nc2cc(N=Cc3ccc(O)cc3)n[nH]2)cc1. The molecule has 3 rings (SSSR count). The Morgan fingerprint density at radius 2 is 1.72 bits per heavy atom. The van der Waals surface area contributed by atoms with Gasteiger partial charge < -0.3 is 10.4 Å². The van der Waals surface area contributed by atoms with Gasteiger partial charge in [-0.25, -0.2) is 4.99 Å². The molecule has 0 saturated heterocycles. The van der Waals surface area contributed by atoms with Crippen LogP contribution in [0.15, 0.2) is 59.6 Å². The first-order valence-electron chi connectivity index (χ1n) is 8.16. The minimum Gasteiger partial charge on any atom is -0.508 e. The van der Waals surface area contributed by atoms with E-state index in [9.17, 15) is 5.11 Å². The summed E-state index contributed by atoms with van der Waals surface area (Å²) in [6, 6.07) is 17.0. The van der Waals surface area contributed by atoms with Crippen molar-refractivity contribution in [2.24, 2.45) is 4.99 Å². The van der Waals surface area contributed by atoms with Crippen LogP contribution in [0.1, 0.15) is 31.9 Å². The molecule has 1 heterocycles. The summed E-state index contributed by atoms with van der Waals surface area (Å²) in [5, 5.41) is 19.7. The quantitative estimate of drug-likeness (QED) is 0.594. The molecule has 25 heavy (non-hydrogen) atoms. The van der Waals surface area contributed by atoms with Crippen LogP contribution >= 0.6 is 0 Å². The van der Waals surface area contributed by atoms with Crippen molar-refractivity contribution in [3.63, 3.8) is 0 Å². The van der Waals surface area contributed by atoms with Crippen LogP contribution in [-0.4, -0.2) is 21.5 Å². The van der Waals surface area contributed by atoms with Crippen LogP contribution in [0.3, 0.4) is 0 Å². The second-order valence-electron chi connectivity index (χ2n) is 6.94. The molecular weight excluding hydrogens is 312 g/mol. The fraction of sp³-hybridized carbons (Fsp3) is 0.200. The van der Waals surface area contributed by atoms with Crippen LogP contribution in [0.25, 0.3) is 0 Å². The predicted molar refractivity (Wildman–Crippen MR) is 102 cm³/mol. The maximum Gasteiger partial charge on any atom is 0.175 e. The number of aromatic hydroxyl groups is 1. The van der Waals surface area contributed by atoms with Crippen LogP contribution in [-0.2, 0) is 5.41 Å². The standard InChI is InChI=1S/C20H22N4O/c1-20(2,3)15-6-8-16(9-7-15)22-19-12-18(23-24-19)21-13-14-4-10-17(25)11-5-14/h4-13,25H,1-3H3,(H2,22,23,24). The summed E-state index contributed by atoms with van der Waals surface area (Å²) in [5.41, 5.74) is 3.32. The Hall–Kier alpha value is -3.08. The van der Waals surface area contributed by atoms with Crippen molar-refractivity contribution in [1.82, 2.24) is 10.2 Å². The van der Waals surface area contributed by atoms with E-state index < -0.39 is 0 Å². The lowest BCUT2D eigenvalue weighted by Gasteiger charge is -2.19. The predicted octanol–water partition coefficient (Wildman–Crippen LogP) is 4.91. The Bertz CT molecular complexity index is 856. The number of hydrogen-bond acceptors (Lipinski definition) is 4. The van der Waals surface area contributed by atoms with Gasteiger partial charge in [0.2, 0.25) is 0 Å². The van der Waals surface area contributed by atoms with Crippen LogP contribution in [0.5, 0.6) is 5.75 Å². The summed E-state index contributed by atoms with van der Waals surface area (Å²) in [5.74, 6) is 1.60. The first kappa shape index (κ1) is 16.8. The molecule has 0 fully saturated rings. The average Bonchev–Trinajstić information content (AvgIpc) is 3.01. The number of phenolic OH excluding ortho intramolecular Hbond substituents is 1. The summed E-state index contributed by atoms with van der Waals surface area (Å²) in [4.78, 5) is 4.33. The Morgan fingerprint density at radius 3 is 2.36 bits per heavy atom. The van der Waals surface area contributed by atoms with E-state index in [1.54, 1.807) is 30.5 Å². The van der Waals surface area contributed by atoms with Gasteiger partial charge in [-0.15, -0.1) is 0 Å². The van der Waals surface area contributed by atoms with Crippen molar-refractivity contribution in [1.29, 1.82) is 0 Å². The van der Waals surface area contributed by atoms with Gasteiger partial charge in [0.15, 0.2) is 5.82 Å². The number of benzene rings is 2. The van der Waals surface area contributed by atoms with Crippen LogP contribution < -0.4 is 5.32 Å². The number of anilines is 2. The lowest BCUT2D eigenvalue weighted by molar-refractivity contribution is 0.475. The second-order valence-corrected chi connectivity index (χ2v) is 6.94. The van der Waals surface area contributed by atoms with E-state index in [0.29, 0.717) is 5.82 Å². The molecule has 0 spiro atoms. The Labute approximate surface area is 147 Å². The smallest absolute Gasteiger partial charge is 0.175 e. The molecule has 1 aromatic heterocycles. The number of aromatic nitrogens is 2. The summed E-state index contributed by atoms with van der Waals surface area (Å²) in [6.45, 7) is 6.59. The minimum atomic E-state index is 0.141. The highest BCUT2D eigenvalue weighted by Crippen LogP contribution is 2.25. The zero-order valence-electron chi connectivity index (χ0n) is 14.6. The molecule has 2 aromatic carbocycles. The molecule has 5 nitrogen and oxygen atoms in total. The summed E-state index contributed by atoms with van der Waals surface area (Å²) >= 11 is 0. The van der Waals surface area contributed by atoms with Crippen molar-refractivity contribution in [3.8, 4) is 5.75 Å². The molecule has 0 amide bonds. The zero-order valence-corrected chi connectivity index (χ0v) is 14.6. The Balaban J connectivity index is 1.66. The van der Waals surface area contributed by atoms with E-state index in [-0.39, 0.29) is 11.2 Å². The number of H-pyrrole nitrogens is 1. The lowest BCUT2D eigenvalue weighted by Crippen LogP contribution is -2.10. The van der Waals surface area contributed by atoms with E-state index in [1.807, 2.05) is 6.07 Å². The van der Waals surface area contributed by atoms with Crippen molar-refractivity contribution >= 4 is 23.5 Å². The number of aliphatic imine (C=N–C) groups is 1. The van der Waals surface area contributed by atoms with Crippen LogP contribution in [0, 0.1) is 0 Å². The molecule has 5 heteroatoms. The number of phenols is 1. The highest BCUT2D eigenvalue weighted by Gasteiger charge is 2.12. The Morgan fingerprint density at radius 1 is 1.04 bits per heavy atom. The molecule has 0 aliphatic heterocycles. The molecule has 0 aliphatic carbocycles. The van der Waals surface area contributed by atoms with Gasteiger partial charge in [0.25, 0.3) is 0 Å². The third kappa shape index (κ3) is 4.47. The molecular formula is C20H22N4O. The average molecular weight is 334 g/mol. The molecule has 0 saturated carbocycles. The second kappa shape index (κ2) is 6.81. The van der Waals surface area contributed by atoms with Crippen molar-refractivity contribution in [2.45, 2.75) is 26.2 Å². The summed E-state index contributed by atoms with van der Waals surface area (Å²) < 4.78 is 0. The first-order valence-corrected chi connectivity index (χ1v) is 8.16. The molecule has 0 atom stereocenters. The van der Waals surface area contributed by atoms with Gasteiger partial charge in [0.05, 0.1) is 0 Å². The van der Waals surface area contributed by atoms with Gasteiger partial charge in [-0.05, 0) is 52.9 Å². The molecule has 0 bridgehead atoms. The molecule has 0 radical (unpaired) electrons. The summed E-state index contributed by atoms with van der Waals surface area (Å²) in [6.07, 6.45) is 1.71. The van der Waals surface area contributed by atoms with E-state index in [0.717, 1.165) is 17.1 Å². The van der Waals surface area contributed by atoms with Crippen molar-refractivity contribution in [3.05, 3.63) is 65.7 Å². The van der Waals surface area contributed by atoms with E-state index in [2.05, 4.69) is 65.5 Å². The van der Waals surface area contributed by atoms with Gasteiger partial charge >= 0.3 is 0 Å². The maximum absolute atomic E-state index is 9.28. The largest absolute Gasteiger partial charge is 0.508 e. The number of hydrogen-bond donors (Lipinski definition) is 3. The molecule has 0 unspecified atom stereocenters. The third-order valence-corrected chi connectivity index (χ3v) is 3.83.